The van der Waals surface area contributed by atoms with Gasteiger partial charge in [-0.2, -0.15) is 0 Å². The number of hydrogen-bond acceptors (Lipinski definition) is 14. The third kappa shape index (κ3) is 75.2. The molecule has 18 heteroatoms. The average molecular weight is 1430 g/mol. The summed E-state index contributed by atoms with van der Waals surface area (Å²) in [6, 6.07) is 0. The molecule has 0 aromatic rings. The first-order valence-electron chi connectivity index (χ1n) is 39.2. The Morgan fingerprint density at radius 1 is 0.293 bits per heavy atom. The molecule has 0 aliphatic rings. The minimum Gasteiger partial charge on any atom is -0.463 e. The summed E-state index contributed by atoms with van der Waals surface area (Å²) in [7, 11) is -9.79. The lowest BCUT2D eigenvalue weighted by atomic mass is 10.0. The molecule has 0 saturated heterocycles. The fourth-order valence-electron chi connectivity index (χ4n) is 10.5. The molecule has 0 aromatic heterocycles. The second-order valence-electron chi connectivity index (χ2n) is 26.1. The van der Waals surface area contributed by atoms with Gasteiger partial charge in [0.05, 0.1) is 26.4 Å². The number of aliphatic hydroxyl groups is 2. The lowest BCUT2D eigenvalue weighted by Crippen LogP contribution is -2.30. The number of carbonyl (C=O) groups is 3. The zero-order chi connectivity index (χ0) is 72.3. The van der Waals surface area contributed by atoms with E-state index in [0.29, 0.717) is 19.3 Å². The van der Waals surface area contributed by atoms with Crippen molar-refractivity contribution in [3.63, 3.8) is 0 Å². The molecule has 0 aliphatic carbocycles. The molecule has 0 fully saturated rings. The molecule has 0 spiro atoms. The van der Waals surface area contributed by atoms with Crippen molar-refractivity contribution in [3.8, 4) is 0 Å². The molecule has 0 aliphatic heterocycles. The summed E-state index contributed by atoms with van der Waals surface area (Å²) in [5, 5.41) is 20.6. The Bertz CT molecular complexity index is 2240. The van der Waals surface area contributed by atoms with Crippen LogP contribution in [0.4, 0.5) is 0 Å². The number of unbranched alkanes of at least 4 members (excludes halogenated alkanes) is 33. The van der Waals surface area contributed by atoms with Crippen molar-refractivity contribution in [2.24, 2.45) is 0 Å². The zero-order valence-corrected chi connectivity index (χ0v) is 64.2. The van der Waals surface area contributed by atoms with E-state index in [-0.39, 0.29) is 19.3 Å². The Balaban J connectivity index is 4.47. The van der Waals surface area contributed by atoms with E-state index in [9.17, 15) is 43.5 Å². The van der Waals surface area contributed by atoms with Gasteiger partial charge in [0, 0.05) is 19.3 Å². The molecule has 5 unspecified atom stereocenters. The molecule has 99 heavy (non-hydrogen) atoms. The number of carbonyl (C=O) groups excluding carboxylic acids is 3. The van der Waals surface area contributed by atoms with Crippen LogP contribution in [0.3, 0.4) is 0 Å². The van der Waals surface area contributed by atoms with E-state index >= 15 is 0 Å². The first kappa shape index (κ1) is 95.2. The van der Waals surface area contributed by atoms with Crippen molar-refractivity contribution in [1.82, 2.24) is 0 Å². The second kappa shape index (κ2) is 73.9. The number of hydrogen-bond donors (Lipinski definition) is 4. The van der Waals surface area contributed by atoms with Gasteiger partial charge in [0.2, 0.25) is 0 Å². The van der Waals surface area contributed by atoms with Crippen LogP contribution in [0, 0.1) is 0 Å². The van der Waals surface area contributed by atoms with Crippen molar-refractivity contribution in [3.05, 3.63) is 109 Å². The third-order valence-corrected chi connectivity index (χ3v) is 18.4. The molecule has 0 radical (unpaired) electrons. The van der Waals surface area contributed by atoms with Gasteiger partial charge < -0.3 is 34.2 Å². The molecular formula is C81H142O16P2. The molecule has 0 rings (SSSR count). The van der Waals surface area contributed by atoms with Crippen LogP contribution in [-0.2, 0) is 55.8 Å². The largest absolute Gasteiger partial charge is 0.472 e. The zero-order valence-electron chi connectivity index (χ0n) is 62.4. The van der Waals surface area contributed by atoms with Gasteiger partial charge in [-0.3, -0.25) is 32.5 Å². The number of rotatable bonds is 74. The van der Waals surface area contributed by atoms with Crippen LogP contribution in [0.2, 0.25) is 0 Å². The van der Waals surface area contributed by atoms with Gasteiger partial charge in [-0.1, -0.05) is 291 Å². The molecule has 5 atom stereocenters. The number of phosphoric ester groups is 2. The summed E-state index contributed by atoms with van der Waals surface area (Å²) in [6.07, 6.45) is 85.8. The van der Waals surface area contributed by atoms with Crippen LogP contribution in [0.5, 0.6) is 0 Å². The SMILES string of the molecule is CC/C=C\C/C=C\C/C=C\C/C=C\CCCCCCC(=O)OCC(COP(=O)(O)OCC(O)COP(=O)(O)OCC(O)COC(=O)CCCCCCCCCCCCCCCCC/C=C\C/C=C\C/C=C\C/C=C\CCCCC)OC(=O)CCCCCCC/C=C\CCCCCCCC. The Hall–Kier alpha value is -3.79. The summed E-state index contributed by atoms with van der Waals surface area (Å²) >= 11 is 0. The van der Waals surface area contributed by atoms with Crippen molar-refractivity contribution < 1.29 is 75.8 Å². The maximum absolute atomic E-state index is 12.9. The molecule has 0 aromatic carbocycles. The van der Waals surface area contributed by atoms with Crippen LogP contribution in [0.1, 0.15) is 329 Å². The Kier molecular flexibility index (Phi) is 71.1. The monoisotopic (exact) mass is 1430 g/mol. The molecule has 0 bridgehead atoms. The maximum atomic E-state index is 12.9. The highest BCUT2D eigenvalue weighted by atomic mass is 31.2. The Morgan fingerprint density at radius 3 is 0.879 bits per heavy atom. The standard InChI is InChI=1S/C81H142O16P2/c1-4-7-10-13-16-19-22-25-28-30-31-32-33-34-35-36-37-38-39-40-41-42-43-45-48-49-52-55-58-61-64-67-79(84)91-70-76(82)71-93-98(87,88)94-72-77(83)73-95-99(89,90)96-75-78(97-81(86)69-66-63-60-57-54-51-46-27-24-21-18-15-12-9-6-3)74-92-80(85)68-65-62-59-56-53-50-47-44-29-26-23-20-17-14-11-8-5-2/h8,11,16-17,19-20,25-29,31-32,34-35,46-47,50,76-78,82-83H,4-7,9-10,12-15,18,21-24,30,33,36-45,48-49,51-75H2,1-3H3,(H,87,88)(H,89,90)/b11-8-,19-16-,20-17-,28-25-,29-26-,32-31-,35-34-,46-27-,50-47-. The minimum atomic E-state index is -4.93. The van der Waals surface area contributed by atoms with Gasteiger partial charge in [-0.05, 0) is 128 Å². The van der Waals surface area contributed by atoms with E-state index in [0.717, 1.165) is 128 Å². The van der Waals surface area contributed by atoms with Crippen LogP contribution < -0.4 is 0 Å². The average Bonchev–Trinajstić information content (AvgIpc) is 1.11. The van der Waals surface area contributed by atoms with Gasteiger partial charge in [-0.25, -0.2) is 9.13 Å². The molecule has 16 nitrogen and oxygen atoms in total. The first-order chi connectivity index (χ1) is 48.2. The fourth-order valence-corrected chi connectivity index (χ4v) is 12.1. The molecular weight excluding hydrogens is 1290 g/mol. The number of esters is 3. The van der Waals surface area contributed by atoms with Gasteiger partial charge in [0.1, 0.15) is 25.4 Å². The predicted octanol–water partition coefficient (Wildman–Crippen LogP) is 22.8. The highest BCUT2D eigenvalue weighted by Gasteiger charge is 2.29. The quantitative estimate of drug-likeness (QED) is 0.0146. The van der Waals surface area contributed by atoms with Crippen molar-refractivity contribution in [2.45, 2.75) is 347 Å². The van der Waals surface area contributed by atoms with Crippen LogP contribution in [0.15, 0.2) is 109 Å². The number of allylic oxidation sites excluding steroid dienone is 18. The molecule has 572 valence electrons. The Morgan fingerprint density at radius 2 is 0.535 bits per heavy atom. The van der Waals surface area contributed by atoms with Gasteiger partial charge >= 0.3 is 33.6 Å². The highest BCUT2D eigenvalue weighted by molar-refractivity contribution is 7.47. The molecule has 4 N–H and O–H groups in total. The molecule has 0 saturated carbocycles. The van der Waals surface area contributed by atoms with Gasteiger partial charge in [0.25, 0.3) is 0 Å². The number of aliphatic hydroxyl groups excluding tert-OH is 2. The maximum Gasteiger partial charge on any atom is 0.472 e. The number of phosphoric acid groups is 2. The van der Waals surface area contributed by atoms with E-state index in [1.165, 1.54) is 141 Å². The van der Waals surface area contributed by atoms with E-state index < -0.39 is 91.5 Å². The third-order valence-electron chi connectivity index (χ3n) is 16.5. The summed E-state index contributed by atoms with van der Waals surface area (Å²) in [5.41, 5.74) is 0. The summed E-state index contributed by atoms with van der Waals surface area (Å²) < 4.78 is 61.1. The lowest BCUT2D eigenvalue weighted by Gasteiger charge is -2.21. The predicted molar refractivity (Wildman–Crippen MR) is 408 cm³/mol. The normalized spacial score (nSPS) is 14.6. The molecule has 0 amide bonds. The number of ether oxygens (including phenoxy) is 3. The van der Waals surface area contributed by atoms with Gasteiger partial charge in [-0.15, -0.1) is 0 Å². The van der Waals surface area contributed by atoms with Gasteiger partial charge in [0.15, 0.2) is 6.10 Å². The van der Waals surface area contributed by atoms with Crippen molar-refractivity contribution >= 4 is 33.6 Å². The Labute approximate surface area is 602 Å². The molecule has 0 heterocycles. The van der Waals surface area contributed by atoms with Crippen LogP contribution in [0.25, 0.3) is 0 Å². The summed E-state index contributed by atoms with van der Waals surface area (Å²) in [4.78, 5) is 58.6. The van der Waals surface area contributed by atoms with E-state index in [4.69, 9.17) is 32.3 Å². The van der Waals surface area contributed by atoms with Crippen LogP contribution in [-0.4, -0.2) is 95.9 Å². The second-order valence-corrected chi connectivity index (χ2v) is 29.0. The van der Waals surface area contributed by atoms with Crippen molar-refractivity contribution in [1.29, 1.82) is 0 Å². The van der Waals surface area contributed by atoms with E-state index in [1.54, 1.807) is 0 Å². The minimum absolute atomic E-state index is 0.0886. The van der Waals surface area contributed by atoms with E-state index in [2.05, 4.69) is 130 Å². The highest BCUT2D eigenvalue weighted by Crippen LogP contribution is 2.45. The fraction of sp³-hybridized carbons (Fsp3) is 0.741. The topological polar surface area (TPSA) is 231 Å². The summed E-state index contributed by atoms with van der Waals surface area (Å²) in [5.74, 6) is -1.61. The van der Waals surface area contributed by atoms with Crippen molar-refractivity contribution in [2.75, 3.05) is 39.6 Å². The lowest BCUT2D eigenvalue weighted by molar-refractivity contribution is -0.161. The first-order valence-corrected chi connectivity index (χ1v) is 42.2. The van der Waals surface area contributed by atoms with E-state index in [1.807, 2.05) is 0 Å². The summed E-state index contributed by atoms with van der Waals surface area (Å²) in [6.45, 7) is 2.51. The van der Waals surface area contributed by atoms with Crippen LogP contribution >= 0.6 is 15.6 Å². The smallest absolute Gasteiger partial charge is 0.463 e.